The van der Waals surface area contributed by atoms with E-state index in [4.69, 9.17) is 4.74 Å². The average molecular weight is 304 g/mol. The number of hydrogen-bond acceptors (Lipinski definition) is 3. The molecule has 118 valence electrons. The normalized spacial score (nSPS) is 26.3. The molecular weight excluding hydrogens is 282 g/mol. The summed E-state index contributed by atoms with van der Waals surface area (Å²) in [5.74, 6) is -0.148. The first-order valence-electron chi connectivity index (χ1n) is 7.78. The molecule has 1 aromatic rings. The van der Waals surface area contributed by atoms with Crippen LogP contribution >= 0.6 is 0 Å². The Morgan fingerprint density at radius 1 is 1.23 bits per heavy atom. The van der Waals surface area contributed by atoms with Crippen molar-refractivity contribution in [3.63, 3.8) is 0 Å². The Labute approximate surface area is 130 Å². The second-order valence-corrected chi connectivity index (χ2v) is 5.81. The molecule has 3 rings (SSSR count). The van der Waals surface area contributed by atoms with E-state index in [1.54, 1.807) is 0 Å². The van der Waals surface area contributed by atoms with Crippen molar-refractivity contribution < 1.29 is 19.2 Å². The quantitative estimate of drug-likeness (QED) is 0.752. The van der Waals surface area contributed by atoms with E-state index in [-0.39, 0.29) is 11.9 Å². The molecule has 2 saturated heterocycles. The number of rotatable bonds is 4. The van der Waals surface area contributed by atoms with Gasteiger partial charge < -0.3 is 15.0 Å². The van der Waals surface area contributed by atoms with Gasteiger partial charge in [0.05, 0.1) is 13.2 Å². The third-order valence-electron chi connectivity index (χ3n) is 4.55. The zero-order valence-electron chi connectivity index (χ0n) is 12.8. The van der Waals surface area contributed by atoms with Crippen LogP contribution in [0, 0.1) is 0 Å². The van der Waals surface area contributed by atoms with Gasteiger partial charge in [-0.15, -0.1) is 0 Å². The lowest BCUT2D eigenvalue weighted by Gasteiger charge is -2.28. The maximum absolute atomic E-state index is 12.9. The fourth-order valence-corrected chi connectivity index (χ4v) is 3.17. The minimum absolute atomic E-state index is 0.148. The van der Waals surface area contributed by atoms with E-state index in [0.717, 1.165) is 18.7 Å². The summed E-state index contributed by atoms with van der Waals surface area (Å²) in [4.78, 5) is 27.9. The third-order valence-corrected chi connectivity index (χ3v) is 4.55. The number of quaternary nitrogens is 1. The molecule has 6 nitrogen and oxygen atoms in total. The summed E-state index contributed by atoms with van der Waals surface area (Å²) in [6.45, 7) is 5.33. The first-order valence-corrected chi connectivity index (χ1v) is 7.78. The van der Waals surface area contributed by atoms with Crippen LogP contribution in [0.1, 0.15) is 18.9 Å². The molecule has 22 heavy (non-hydrogen) atoms. The van der Waals surface area contributed by atoms with Crippen molar-refractivity contribution in [2.24, 2.45) is 0 Å². The van der Waals surface area contributed by atoms with Crippen LogP contribution in [0.2, 0.25) is 0 Å². The van der Waals surface area contributed by atoms with E-state index in [1.165, 1.54) is 9.80 Å². The molecule has 2 N–H and O–H groups in total. The molecule has 0 radical (unpaired) electrons. The number of benzene rings is 1. The topological polar surface area (TPSA) is 63.1 Å². The fourth-order valence-electron chi connectivity index (χ4n) is 3.17. The molecule has 1 aromatic carbocycles. The average Bonchev–Trinajstić information content (AvgIpc) is 2.82. The summed E-state index contributed by atoms with van der Waals surface area (Å²) in [5.41, 5.74) is -0.0836. The largest absolute Gasteiger partial charge is 0.370 e. The summed E-state index contributed by atoms with van der Waals surface area (Å²) < 4.78 is 5.32. The van der Waals surface area contributed by atoms with Crippen molar-refractivity contribution >= 4 is 11.9 Å². The summed E-state index contributed by atoms with van der Waals surface area (Å²) in [6.07, 6.45) is 0.538. The molecular formula is C16H22N3O3+. The molecule has 2 aliphatic rings. The zero-order valence-corrected chi connectivity index (χ0v) is 12.8. The molecule has 0 aromatic heterocycles. The Bertz CT molecular complexity index is 557. The van der Waals surface area contributed by atoms with Gasteiger partial charge in [-0.3, -0.25) is 4.79 Å². The van der Waals surface area contributed by atoms with Crippen LogP contribution in [-0.4, -0.2) is 49.8 Å². The molecule has 3 amide bonds. The van der Waals surface area contributed by atoms with Crippen molar-refractivity contribution in [1.82, 2.24) is 10.2 Å². The lowest BCUT2D eigenvalue weighted by molar-refractivity contribution is -0.915. The fraction of sp³-hybridized carbons (Fsp3) is 0.500. The number of morpholine rings is 1. The molecule has 0 bridgehead atoms. The van der Waals surface area contributed by atoms with Crippen molar-refractivity contribution in [3.8, 4) is 0 Å². The summed E-state index contributed by atoms with van der Waals surface area (Å²) >= 11 is 0. The van der Waals surface area contributed by atoms with Crippen LogP contribution in [0.3, 0.4) is 0 Å². The van der Waals surface area contributed by atoms with Gasteiger partial charge in [0, 0.05) is 0 Å². The van der Waals surface area contributed by atoms with E-state index in [2.05, 4.69) is 5.32 Å². The smallest absolute Gasteiger partial charge is 0.329 e. The summed E-state index contributed by atoms with van der Waals surface area (Å²) in [5, 5.41) is 2.92. The SMILES string of the molecule is CC[C@]1(c2ccccc2)NC(=O)N(C[NH+]2CCOCC2)C1=O. The first kappa shape index (κ1) is 15.0. The van der Waals surface area contributed by atoms with E-state index >= 15 is 0 Å². The predicted molar refractivity (Wildman–Crippen MR) is 80.2 cm³/mol. The Balaban J connectivity index is 1.83. The van der Waals surface area contributed by atoms with Crippen LogP contribution in [0.25, 0.3) is 0 Å². The molecule has 1 atom stereocenters. The monoisotopic (exact) mass is 304 g/mol. The molecule has 6 heteroatoms. The van der Waals surface area contributed by atoms with Gasteiger partial charge in [-0.1, -0.05) is 37.3 Å². The number of carbonyl (C=O) groups is 2. The van der Waals surface area contributed by atoms with E-state index in [1.807, 2.05) is 37.3 Å². The van der Waals surface area contributed by atoms with Gasteiger partial charge in [-0.05, 0) is 12.0 Å². The van der Waals surface area contributed by atoms with Crippen LogP contribution in [0.4, 0.5) is 4.79 Å². The van der Waals surface area contributed by atoms with Gasteiger partial charge in [0.1, 0.15) is 18.6 Å². The van der Waals surface area contributed by atoms with E-state index in [9.17, 15) is 9.59 Å². The molecule has 2 heterocycles. The Hall–Kier alpha value is -1.92. The van der Waals surface area contributed by atoms with Gasteiger partial charge >= 0.3 is 6.03 Å². The maximum atomic E-state index is 12.9. The van der Waals surface area contributed by atoms with Crippen LogP contribution < -0.4 is 10.2 Å². The van der Waals surface area contributed by atoms with Crippen LogP contribution in [0.5, 0.6) is 0 Å². The highest BCUT2D eigenvalue weighted by Crippen LogP contribution is 2.31. The number of nitrogens with one attached hydrogen (secondary N) is 2. The summed E-state index contributed by atoms with van der Waals surface area (Å²) in [7, 11) is 0. The van der Waals surface area contributed by atoms with Crippen molar-refractivity contribution in [1.29, 1.82) is 0 Å². The van der Waals surface area contributed by atoms with Crippen LogP contribution in [0.15, 0.2) is 30.3 Å². The van der Waals surface area contributed by atoms with Crippen molar-refractivity contribution in [2.75, 3.05) is 33.0 Å². The first-order chi connectivity index (χ1) is 10.7. The Morgan fingerprint density at radius 2 is 1.91 bits per heavy atom. The highest BCUT2D eigenvalue weighted by Gasteiger charge is 2.52. The number of imide groups is 1. The van der Waals surface area contributed by atoms with E-state index in [0.29, 0.717) is 26.3 Å². The molecule has 0 spiro atoms. The number of nitrogens with zero attached hydrogens (tertiary/aromatic N) is 1. The highest BCUT2D eigenvalue weighted by molar-refractivity contribution is 6.07. The number of carbonyl (C=O) groups excluding carboxylic acids is 2. The number of urea groups is 1. The van der Waals surface area contributed by atoms with Gasteiger partial charge in [-0.2, -0.15) is 0 Å². The second-order valence-electron chi connectivity index (χ2n) is 5.81. The Kier molecular flexibility index (Phi) is 4.13. The van der Waals surface area contributed by atoms with Gasteiger partial charge in [0.25, 0.3) is 5.91 Å². The molecule has 0 saturated carbocycles. The van der Waals surface area contributed by atoms with Gasteiger partial charge in [0.2, 0.25) is 0 Å². The molecule has 0 aliphatic carbocycles. The number of hydrogen-bond donors (Lipinski definition) is 2. The molecule has 2 aliphatic heterocycles. The van der Waals surface area contributed by atoms with Gasteiger partial charge in [0.15, 0.2) is 6.67 Å². The lowest BCUT2D eigenvalue weighted by Crippen LogP contribution is -3.15. The number of amides is 3. The second kappa shape index (κ2) is 6.06. The third kappa shape index (κ3) is 2.48. The van der Waals surface area contributed by atoms with Crippen molar-refractivity contribution in [3.05, 3.63) is 35.9 Å². The number of ether oxygens (including phenoxy) is 1. The standard InChI is InChI=1S/C16H21N3O3/c1-2-16(13-6-4-3-5-7-13)14(20)19(15(21)17-16)12-18-8-10-22-11-9-18/h3-7H,2,8-12H2,1H3,(H,17,21)/p+1/t16-/m1/s1. The highest BCUT2D eigenvalue weighted by atomic mass is 16.5. The molecule has 0 unspecified atom stereocenters. The van der Waals surface area contributed by atoms with Crippen molar-refractivity contribution in [2.45, 2.75) is 18.9 Å². The Morgan fingerprint density at radius 3 is 2.55 bits per heavy atom. The van der Waals surface area contributed by atoms with Crippen LogP contribution in [-0.2, 0) is 15.1 Å². The zero-order chi connectivity index (χ0) is 15.6. The van der Waals surface area contributed by atoms with Gasteiger partial charge in [-0.25, -0.2) is 9.69 Å². The lowest BCUT2D eigenvalue weighted by atomic mass is 9.87. The minimum Gasteiger partial charge on any atom is -0.370 e. The maximum Gasteiger partial charge on any atom is 0.329 e. The summed E-state index contributed by atoms with van der Waals surface area (Å²) in [6, 6.07) is 9.18. The predicted octanol–water partition coefficient (Wildman–Crippen LogP) is -0.284. The van der Waals surface area contributed by atoms with E-state index < -0.39 is 5.54 Å². The molecule has 2 fully saturated rings. The minimum atomic E-state index is -0.927.